The molecule has 0 aliphatic carbocycles. The molecule has 1 N–H and O–H groups in total. The molecule has 76 valence electrons. The number of aryl methyl sites for hydroxylation is 2. The van der Waals surface area contributed by atoms with Gasteiger partial charge in [-0.2, -0.15) is 10.2 Å². The van der Waals surface area contributed by atoms with E-state index in [0.29, 0.717) is 12.1 Å². The summed E-state index contributed by atoms with van der Waals surface area (Å²) in [6, 6.07) is 1.77. The van der Waals surface area contributed by atoms with E-state index in [1.54, 1.807) is 6.07 Å². The van der Waals surface area contributed by atoms with Gasteiger partial charge in [-0.25, -0.2) is 0 Å². The highest BCUT2D eigenvalue weighted by atomic mass is 16.1. The van der Waals surface area contributed by atoms with Crippen LogP contribution in [0.3, 0.4) is 0 Å². The van der Waals surface area contributed by atoms with Crippen molar-refractivity contribution in [2.45, 2.75) is 27.2 Å². The smallest absolute Gasteiger partial charge is 0.253 e. The molecule has 4 heteroatoms. The first-order chi connectivity index (χ1) is 6.69. The summed E-state index contributed by atoms with van der Waals surface area (Å²) in [6.45, 7) is 6.31. The first kappa shape index (κ1) is 10.6. The molecule has 1 rings (SSSR count). The van der Waals surface area contributed by atoms with Crippen molar-refractivity contribution in [1.29, 1.82) is 0 Å². The lowest BCUT2D eigenvalue weighted by Gasteiger charge is -2.06. The Morgan fingerprint density at radius 1 is 1.43 bits per heavy atom. The summed E-state index contributed by atoms with van der Waals surface area (Å²) < 4.78 is 0. The second-order valence-electron chi connectivity index (χ2n) is 3.06. The van der Waals surface area contributed by atoms with Gasteiger partial charge in [0, 0.05) is 6.54 Å². The first-order valence-corrected chi connectivity index (χ1v) is 4.80. The molecule has 0 aromatic carbocycles. The number of hydrogen-bond donors (Lipinski definition) is 1. The van der Waals surface area contributed by atoms with E-state index in [1.807, 2.05) is 20.8 Å². The first-order valence-electron chi connectivity index (χ1n) is 4.80. The van der Waals surface area contributed by atoms with Crippen LogP contribution in [0.2, 0.25) is 0 Å². The van der Waals surface area contributed by atoms with Crippen LogP contribution in [-0.2, 0) is 6.42 Å². The second kappa shape index (κ2) is 4.69. The Bertz CT molecular complexity index is 336. The van der Waals surface area contributed by atoms with Crippen molar-refractivity contribution in [2.75, 3.05) is 6.54 Å². The molecule has 1 amide bonds. The molecule has 1 heterocycles. The van der Waals surface area contributed by atoms with Crippen LogP contribution >= 0.6 is 0 Å². The van der Waals surface area contributed by atoms with Gasteiger partial charge in [0.2, 0.25) is 0 Å². The zero-order valence-corrected chi connectivity index (χ0v) is 8.79. The van der Waals surface area contributed by atoms with E-state index < -0.39 is 0 Å². The molecule has 0 saturated carbocycles. The van der Waals surface area contributed by atoms with E-state index in [1.165, 1.54) is 0 Å². The van der Waals surface area contributed by atoms with Crippen LogP contribution in [0.15, 0.2) is 6.07 Å². The van der Waals surface area contributed by atoms with Gasteiger partial charge in [0.15, 0.2) is 0 Å². The Balaban J connectivity index is 3.03. The van der Waals surface area contributed by atoms with Crippen LogP contribution in [0.25, 0.3) is 0 Å². The molecular formula is C10H15N3O. The number of rotatable bonds is 3. The summed E-state index contributed by atoms with van der Waals surface area (Å²) >= 11 is 0. The topological polar surface area (TPSA) is 54.9 Å². The standard InChI is InChI=1S/C10H15N3O/c1-4-9-8(10(14)11-5-2)6-7(3)12-13-9/h6H,4-5H2,1-3H3,(H,11,14). The van der Waals surface area contributed by atoms with Crippen LogP contribution in [0.1, 0.15) is 35.6 Å². The average Bonchev–Trinajstić information content (AvgIpc) is 2.18. The normalized spacial score (nSPS) is 9.93. The zero-order valence-electron chi connectivity index (χ0n) is 8.79. The lowest BCUT2D eigenvalue weighted by atomic mass is 10.1. The van der Waals surface area contributed by atoms with Crippen molar-refractivity contribution in [3.8, 4) is 0 Å². The van der Waals surface area contributed by atoms with Gasteiger partial charge in [0.05, 0.1) is 17.0 Å². The molecule has 14 heavy (non-hydrogen) atoms. The summed E-state index contributed by atoms with van der Waals surface area (Å²) in [5.41, 5.74) is 2.16. The van der Waals surface area contributed by atoms with Gasteiger partial charge in [-0.3, -0.25) is 4.79 Å². The van der Waals surface area contributed by atoms with Crippen molar-refractivity contribution >= 4 is 5.91 Å². The van der Waals surface area contributed by atoms with Crippen LogP contribution in [-0.4, -0.2) is 22.6 Å². The number of amides is 1. The van der Waals surface area contributed by atoms with E-state index in [-0.39, 0.29) is 5.91 Å². The molecule has 0 bridgehead atoms. The maximum Gasteiger partial charge on any atom is 0.253 e. The highest BCUT2D eigenvalue weighted by Gasteiger charge is 2.11. The number of carbonyl (C=O) groups excluding carboxylic acids is 1. The minimum absolute atomic E-state index is 0.0673. The SMILES string of the molecule is CCNC(=O)c1cc(C)nnc1CC. The maximum atomic E-state index is 11.6. The average molecular weight is 193 g/mol. The Kier molecular flexibility index (Phi) is 3.56. The Morgan fingerprint density at radius 3 is 2.71 bits per heavy atom. The fourth-order valence-electron chi connectivity index (χ4n) is 1.23. The maximum absolute atomic E-state index is 11.6. The van der Waals surface area contributed by atoms with E-state index in [0.717, 1.165) is 17.8 Å². The van der Waals surface area contributed by atoms with Gasteiger partial charge in [0.25, 0.3) is 5.91 Å². The van der Waals surface area contributed by atoms with E-state index in [2.05, 4.69) is 15.5 Å². The minimum atomic E-state index is -0.0673. The van der Waals surface area contributed by atoms with Crippen LogP contribution in [0.4, 0.5) is 0 Å². The van der Waals surface area contributed by atoms with E-state index in [9.17, 15) is 4.79 Å². The summed E-state index contributed by atoms with van der Waals surface area (Å²) in [6.07, 6.45) is 0.722. The quantitative estimate of drug-likeness (QED) is 0.782. The summed E-state index contributed by atoms with van der Waals surface area (Å²) in [4.78, 5) is 11.6. The van der Waals surface area contributed by atoms with Crippen LogP contribution < -0.4 is 5.32 Å². The van der Waals surface area contributed by atoms with E-state index in [4.69, 9.17) is 0 Å². The molecule has 0 atom stereocenters. The van der Waals surface area contributed by atoms with Gasteiger partial charge in [0.1, 0.15) is 0 Å². The summed E-state index contributed by atoms with van der Waals surface area (Å²) in [5.74, 6) is -0.0673. The molecule has 0 saturated heterocycles. The van der Waals surface area contributed by atoms with Crippen molar-refractivity contribution in [3.63, 3.8) is 0 Å². The summed E-state index contributed by atoms with van der Waals surface area (Å²) in [7, 11) is 0. The van der Waals surface area contributed by atoms with Gasteiger partial charge < -0.3 is 5.32 Å². The fraction of sp³-hybridized carbons (Fsp3) is 0.500. The van der Waals surface area contributed by atoms with Gasteiger partial charge in [-0.15, -0.1) is 0 Å². The van der Waals surface area contributed by atoms with E-state index >= 15 is 0 Å². The zero-order chi connectivity index (χ0) is 10.6. The molecule has 0 spiro atoms. The Morgan fingerprint density at radius 2 is 2.14 bits per heavy atom. The molecule has 4 nitrogen and oxygen atoms in total. The van der Waals surface area contributed by atoms with Crippen molar-refractivity contribution in [2.24, 2.45) is 0 Å². The largest absolute Gasteiger partial charge is 0.352 e. The molecular weight excluding hydrogens is 178 g/mol. The third kappa shape index (κ3) is 2.28. The molecule has 1 aromatic rings. The van der Waals surface area contributed by atoms with Crippen LogP contribution in [0, 0.1) is 6.92 Å². The predicted molar refractivity (Wildman–Crippen MR) is 54.2 cm³/mol. The Hall–Kier alpha value is -1.45. The van der Waals surface area contributed by atoms with Gasteiger partial charge in [-0.05, 0) is 26.3 Å². The molecule has 0 radical (unpaired) electrons. The van der Waals surface area contributed by atoms with Crippen molar-refractivity contribution in [1.82, 2.24) is 15.5 Å². The second-order valence-corrected chi connectivity index (χ2v) is 3.06. The molecule has 0 aliphatic heterocycles. The highest BCUT2D eigenvalue weighted by molar-refractivity contribution is 5.95. The third-order valence-electron chi connectivity index (χ3n) is 1.91. The highest BCUT2D eigenvalue weighted by Crippen LogP contribution is 2.06. The fourth-order valence-corrected chi connectivity index (χ4v) is 1.23. The lowest BCUT2D eigenvalue weighted by Crippen LogP contribution is -2.24. The van der Waals surface area contributed by atoms with Crippen LogP contribution in [0.5, 0.6) is 0 Å². The molecule has 0 unspecified atom stereocenters. The number of hydrogen-bond acceptors (Lipinski definition) is 3. The lowest BCUT2D eigenvalue weighted by molar-refractivity contribution is 0.0954. The van der Waals surface area contributed by atoms with Crippen molar-refractivity contribution in [3.05, 3.63) is 23.0 Å². The number of carbonyl (C=O) groups is 1. The monoisotopic (exact) mass is 193 g/mol. The number of nitrogens with one attached hydrogen (secondary N) is 1. The number of nitrogens with zero attached hydrogens (tertiary/aromatic N) is 2. The van der Waals surface area contributed by atoms with Crippen molar-refractivity contribution < 1.29 is 4.79 Å². The van der Waals surface area contributed by atoms with Gasteiger partial charge >= 0.3 is 0 Å². The number of aromatic nitrogens is 2. The molecule has 0 fully saturated rings. The Labute approximate surface area is 83.7 Å². The summed E-state index contributed by atoms with van der Waals surface area (Å²) in [5, 5.41) is 10.7. The van der Waals surface area contributed by atoms with Gasteiger partial charge in [-0.1, -0.05) is 6.92 Å². The predicted octanol–water partition coefficient (Wildman–Crippen LogP) is 1.10. The molecule has 1 aromatic heterocycles. The molecule has 0 aliphatic rings. The minimum Gasteiger partial charge on any atom is -0.352 e. The third-order valence-corrected chi connectivity index (χ3v) is 1.91.